The number of aryl methyl sites for hydroxylation is 1. The van der Waals surface area contributed by atoms with Gasteiger partial charge in [0.1, 0.15) is 0 Å². The van der Waals surface area contributed by atoms with E-state index in [0.717, 1.165) is 13.1 Å². The fourth-order valence-electron chi connectivity index (χ4n) is 2.79. The summed E-state index contributed by atoms with van der Waals surface area (Å²) in [4.78, 5) is 2.35. The summed E-state index contributed by atoms with van der Waals surface area (Å²) < 4.78 is 11.7. The molecule has 2 aromatic rings. The number of nitrogens with zero attached hydrogens (tertiary/aromatic N) is 3. The van der Waals surface area contributed by atoms with E-state index in [9.17, 15) is 0 Å². The molecule has 0 N–H and O–H groups in total. The van der Waals surface area contributed by atoms with Crippen molar-refractivity contribution in [1.29, 1.82) is 0 Å². The lowest BCUT2D eigenvalue weighted by molar-refractivity contribution is -0.0918. The lowest BCUT2D eigenvalue weighted by atomic mass is 10.1. The summed E-state index contributed by atoms with van der Waals surface area (Å²) in [5, 5.41) is 8.07. The Morgan fingerprint density at radius 2 is 1.95 bits per heavy atom. The third-order valence-corrected chi connectivity index (χ3v) is 3.91. The number of morpholine rings is 1. The van der Waals surface area contributed by atoms with Gasteiger partial charge in [-0.1, -0.05) is 30.3 Å². The van der Waals surface area contributed by atoms with Crippen molar-refractivity contribution in [2.45, 2.75) is 39.0 Å². The van der Waals surface area contributed by atoms with Gasteiger partial charge < -0.3 is 9.15 Å². The van der Waals surface area contributed by atoms with Crippen molar-refractivity contribution in [3.05, 3.63) is 47.7 Å². The van der Waals surface area contributed by atoms with Crippen molar-refractivity contribution in [1.82, 2.24) is 15.1 Å². The molecule has 0 spiro atoms. The number of aromatic nitrogens is 2. The first-order valence-corrected chi connectivity index (χ1v) is 7.38. The summed E-state index contributed by atoms with van der Waals surface area (Å²) in [5.41, 5.74) is 1.21. The van der Waals surface area contributed by atoms with E-state index < -0.39 is 0 Å². The SMILES string of the molecule is Cc1nnc(C(C)N2CC(C)OC(c3ccccc3)C2)o1. The second kappa shape index (κ2) is 5.95. The zero-order valence-corrected chi connectivity index (χ0v) is 12.7. The summed E-state index contributed by atoms with van der Waals surface area (Å²) in [5.74, 6) is 1.28. The molecule has 1 aromatic heterocycles. The van der Waals surface area contributed by atoms with Crippen molar-refractivity contribution in [3.63, 3.8) is 0 Å². The predicted molar refractivity (Wildman–Crippen MR) is 78.8 cm³/mol. The van der Waals surface area contributed by atoms with E-state index in [4.69, 9.17) is 9.15 Å². The Morgan fingerprint density at radius 1 is 1.19 bits per heavy atom. The zero-order chi connectivity index (χ0) is 14.8. The average molecular weight is 287 g/mol. The molecule has 1 aliphatic heterocycles. The van der Waals surface area contributed by atoms with Crippen molar-refractivity contribution in [3.8, 4) is 0 Å². The van der Waals surface area contributed by atoms with Crippen molar-refractivity contribution < 1.29 is 9.15 Å². The lowest BCUT2D eigenvalue weighted by Gasteiger charge is -2.39. The fourth-order valence-corrected chi connectivity index (χ4v) is 2.79. The summed E-state index contributed by atoms with van der Waals surface area (Å²) in [6.07, 6.45) is 0.261. The van der Waals surface area contributed by atoms with Crippen LogP contribution >= 0.6 is 0 Å². The molecule has 3 unspecified atom stereocenters. The largest absolute Gasteiger partial charge is 0.424 e. The standard InChI is InChI=1S/C16H21N3O2/c1-11-9-19(12(2)16-18-17-13(3)21-16)10-15(20-11)14-7-5-4-6-8-14/h4-8,11-12,15H,9-10H2,1-3H3. The summed E-state index contributed by atoms with van der Waals surface area (Å²) in [6.45, 7) is 7.72. The smallest absolute Gasteiger partial charge is 0.233 e. The van der Waals surface area contributed by atoms with Gasteiger partial charge >= 0.3 is 0 Å². The van der Waals surface area contributed by atoms with Gasteiger partial charge in [-0.15, -0.1) is 10.2 Å². The predicted octanol–water partition coefficient (Wildman–Crippen LogP) is 2.90. The van der Waals surface area contributed by atoms with Crippen LogP contribution in [0.25, 0.3) is 0 Å². The molecular formula is C16H21N3O2. The molecule has 1 aromatic carbocycles. The topological polar surface area (TPSA) is 51.4 Å². The molecule has 0 bridgehead atoms. The van der Waals surface area contributed by atoms with Crippen LogP contribution in [0, 0.1) is 6.92 Å². The highest BCUT2D eigenvalue weighted by molar-refractivity contribution is 5.18. The molecule has 5 heteroatoms. The van der Waals surface area contributed by atoms with Gasteiger partial charge in [0.15, 0.2) is 0 Å². The van der Waals surface area contributed by atoms with Crippen molar-refractivity contribution in [2.24, 2.45) is 0 Å². The number of benzene rings is 1. The Bertz CT molecular complexity index is 584. The van der Waals surface area contributed by atoms with Gasteiger partial charge in [-0.3, -0.25) is 4.90 Å². The number of rotatable bonds is 3. The first kappa shape index (κ1) is 14.2. The molecule has 1 aliphatic rings. The molecule has 0 radical (unpaired) electrons. The molecule has 112 valence electrons. The minimum atomic E-state index is 0.0846. The average Bonchev–Trinajstić information content (AvgIpc) is 2.93. The first-order valence-electron chi connectivity index (χ1n) is 7.38. The third-order valence-electron chi connectivity index (χ3n) is 3.91. The minimum absolute atomic E-state index is 0.0846. The Labute approximate surface area is 124 Å². The van der Waals surface area contributed by atoms with Gasteiger partial charge in [0.2, 0.25) is 11.8 Å². The van der Waals surface area contributed by atoms with E-state index in [1.807, 2.05) is 25.1 Å². The van der Waals surface area contributed by atoms with Gasteiger partial charge in [0.05, 0.1) is 18.2 Å². The summed E-state index contributed by atoms with van der Waals surface area (Å²) in [6, 6.07) is 10.5. The minimum Gasteiger partial charge on any atom is -0.424 e. The molecule has 3 rings (SSSR count). The van der Waals surface area contributed by atoms with Gasteiger partial charge in [-0.05, 0) is 19.4 Å². The van der Waals surface area contributed by atoms with E-state index in [2.05, 4.69) is 41.1 Å². The van der Waals surface area contributed by atoms with Crippen LogP contribution in [0.4, 0.5) is 0 Å². The molecule has 1 saturated heterocycles. The van der Waals surface area contributed by atoms with Crippen LogP contribution in [0.2, 0.25) is 0 Å². The number of hydrogen-bond donors (Lipinski definition) is 0. The zero-order valence-electron chi connectivity index (χ0n) is 12.7. The van der Waals surface area contributed by atoms with Crippen LogP contribution in [0.5, 0.6) is 0 Å². The lowest BCUT2D eigenvalue weighted by Crippen LogP contribution is -2.44. The second-order valence-corrected chi connectivity index (χ2v) is 5.64. The second-order valence-electron chi connectivity index (χ2n) is 5.64. The Kier molecular flexibility index (Phi) is 4.03. The molecule has 0 amide bonds. The van der Waals surface area contributed by atoms with Crippen LogP contribution in [0.1, 0.15) is 43.3 Å². The van der Waals surface area contributed by atoms with E-state index in [1.165, 1.54) is 5.56 Å². The number of ether oxygens (including phenoxy) is 1. The van der Waals surface area contributed by atoms with Crippen LogP contribution in [-0.2, 0) is 4.74 Å². The summed E-state index contributed by atoms with van der Waals surface area (Å²) in [7, 11) is 0. The third kappa shape index (κ3) is 3.14. The molecule has 0 saturated carbocycles. The highest BCUT2D eigenvalue weighted by atomic mass is 16.5. The normalized spacial score (nSPS) is 24.9. The van der Waals surface area contributed by atoms with Crippen LogP contribution in [0.15, 0.2) is 34.7 Å². The molecule has 21 heavy (non-hydrogen) atoms. The Balaban J connectivity index is 1.77. The van der Waals surface area contributed by atoms with Crippen LogP contribution in [-0.4, -0.2) is 34.3 Å². The first-order chi connectivity index (χ1) is 10.1. The highest BCUT2D eigenvalue weighted by Gasteiger charge is 2.31. The van der Waals surface area contributed by atoms with Crippen molar-refractivity contribution in [2.75, 3.05) is 13.1 Å². The molecule has 0 aliphatic carbocycles. The van der Waals surface area contributed by atoms with E-state index in [0.29, 0.717) is 11.8 Å². The van der Waals surface area contributed by atoms with E-state index in [1.54, 1.807) is 0 Å². The Hall–Kier alpha value is -1.72. The van der Waals surface area contributed by atoms with Crippen LogP contribution < -0.4 is 0 Å². The molecular weight excluding hydrogens is 266 g/mol. The maximum atomic E-state index is 6.09. The molecule has 2 heterocycles. The molecule has 5 nitrogen and oxygen atoms in total. The van der Waals surface area contributed by atoms with Gasteiger partial charge in [0.25, 0.3) is 0 Å². The highest BCUT2D eigenvalue weighted by Crippen LogP contribution is 2.30. The maximum absolute atomic E-state index is 6.09. The Morgan fingerprint density at radius 3 is 2.62 bits per heavy atom. The quantitative estimate of drug-likeness (QED) is 0.868. The van der Waals surface area contributed by atoms with E-state index >= 15 is 0 Å². The fraction of sp³-hybridized carbons (Fsp3) is 0.500. The van der Waals surface area contributed by atoms with Gasteiger partial charge in [-0.2, -0.15) is 0 Å². The number of hydrogen-bond acceptors (Lipinski definition) is 5. The van der Waals surface area contributed by atoms with Gasteiger partial charge in [0, 0.05) is 20.0 Å². The van der Waals surface area contributed by atoms with E-state index in [-0.39, 0.29) is 18.2 Å². The molecule has 3 atom stereocenters. The van der Waals surface area contributed by atoms with Crippen LogP contribution in [0.3, 0.4) is 0 Å². The van der Waals surface area contributed by atoms with Crippen molar-refractivity contribution >= 4 is 0 Å². The van der Waals surface area contributed by atoms with Gasteiger partial charge in [-0.25, -0.2) is 0 Å². The monoisotopic (exact) mass is 287 g/mol. The molecule has 1 fully saturated rings. The maximum Gasteiger partial charge on any atom is 0.233 e. The summed E-state index contributed by atoms with van der Waals surface area (Å²) >= 11 is 0.